The number of amides is 2. The first-order valence-electron chi connectivity index (χ1n) is 7.95. The molecule has 1 aromatic heterocycles. The first-order chi connectivity index (χ1) is 12.8. The Morgan fingerprint density at radius 1 is 1.22 bits per heavy atom. The summed E-state index contributed by atoms with van der Waals surface area (Å²) < 4.78 is 25.6. The Balaban J connectivity index is 1.87. The molecule has 11 heteroatoms. The van der Waals surface area contributed by atoms with Gasteiger partial charge in [-0.25, -0.2) is 18.2 Å². The van der Waals surface area contributed by atoms with Crippen molar-refractivity contribution in [3.63, 3.8) is 0 Å². The van der Waals surface area contributed by atoms with Crippen LogP contribution in [0.2, 0.25) is 10.2 Å². The van der Waals surface area contributed by atoms with Crippen LogP contribution in [-0.2, 0) is 9.84 Å². The summed E-state index contributed by atoms with van der Waals surface area (Å²) in [6.07, 6.45) is 1.88. The van der Waals surface area contributed by atoms with Crippen molar-refractivity contribution in [3.05, 3.63) is 40.6 Å². The van der Waals surface area contributed by atoms with Crippen LogP contribution in [0.15, 0.2) is 35.4 Å². The van der Waals surface area contributed by atoms with Gasteiger partial charge in [-0.05, 0) is 37.2 Å². The van der Waals surface area contributed by atoms with Crippen LogP contribution < -0.4 is 16.0 Å². The largest absolute Gasteiger partial charge is 0.504 e. The van der Waals surface area contributed by atoms with E-state index in [9.17, 15) is 18.3 Å². The number of nitrogens with zero attached hydrogens (tertiary/aromatic N) is 1. The van der Waals surface area contributed by atoms with E-state index in [1.54, 1.807) is 12.1 Å². The fraction of sp³-hybridized carbons (Fsp3) is 0.250. The van der Waals surface area contributed by atoms with E-state index in [0.29, 0.717) is 13.0 Å². The topological polar surface area (TPSA) is 120 Å². The highest BCUT2D eigenvalue weighted by molar-refractivity contribution is 7.92. The Kier molecular flexibility index (Phi) is 5.75. The van der Waals surface area contributed by atoms with Crippen LogP contribution in [0.5, 0.6) is 5.75 Å². The molecule has 0 aliphatic carbocycles. The van der Waals surface area contributed by atoms with Gasteiger partial charge in [-0.1, -0.05) is 23.2 Å². The molecule has 27 heavy (non-hydrogen) atoms. The molecule has 1 fully saturated rings. The molecule has 0 spiro atoms. The lowest BCUT2D eigenvalue weighted by Gasteiger charge is -2.16. The molecular weight excluding hydrogens is 415 g/mol. The SMILES string of the molecule is O=C(Nc1cccnc1Cl)Nc1ccc(Cl)c(S(=O)(=O)[C@H]2CCNC2)c1O. The number of sulfone groups is 1. The van der Waals surface area contributed by atoms with Gasteiger partial charge in [-0.15, -0.1) is 0 Å². The molecule has 0 radical (unpaired) electrons. The number of aromatic hydroxyl groups is 1. The molecule has 1 saturated heterocycles. The van der Waals surface area contributed by atoms with E-state index in [1.165, 1.54) is 18.3 Å². The molecule has 4 N–H and O–H groups in total. The van der Waals surface area contributed by atoms with Gasteiger partial charge in [-0.3, -0.25) is 0 Å². The highest BCUT2D eigenvalue weighted by Crippen LogP contribution is 2.39. The van der Waals surface area contributed by atoms with Gasteiger partial charge in [0.25, 0.3) is 0 Å². The molecule has 1 atom stereocenters. The summed E-state index contributed by atoms with van der Waals surface area (Å²) >= 11 is 11.9. The van der Waals surface area contributed by atoms with Crippen molar-refractivity contribution in [2.24, 2.45) is 0 Å². The fourth-order valence-corrected chi connectivity index (χ4v) is 5.19. The number of hydrogen-bond donors (Lipinski definition) is 4. The summed E-state index contributed by atoms with van der Waals surface area (Å²) in [5.74, 6) is -0.609. The van der Waals surface area contributed by atoms with Crippen LogP contribution in [0.3, 0.4) is 0 Å². The predicted octanol–water partition coefficient (Wildman–Crippen LogP) is 2.87. The molecule has 1 aliphatic heterocycles. The molecule has 8 nitrogen and oxygen atoms in total. The van der Waals surface area contributed by atoms with Crippen molar-refractivity contribution >= 4 is 50.4 Å². The van der Waals surface area contributed by atoms with E-state index in [4.69, 9.17) is 23.2 Å². The summed E-state index contributed by atoms with van der Waals surface area (Å²) in [7, 11) is -3.87. The lowest BCUT2D eigenvalue weighted by atomic mass is 10.3. The van der Waals surface area contributed by atoms with Crippen LogP contribution >= 0.6 is 23.2 Å². The summed E-state index contributed by atoms with van der Waals surface area (Å²) in [5.41, 5.74) is 0.163. The lowest BCUT2D eigenvalue weighted by molar-refractivity contribution is 0.262. The van der Waals surface area contributed by atoms with E-state index < -0.39 is 31.8 Å². The Labute approximate surface area is 165 Å². The smallest absolute Gasteiger partial charge is 0.323 e. The maximum Gasteiger partial charge on any atom is 0.323 e. The third-order valence-electron chi connectivity index (χ3n) is 4.08. The number of nitrogens with one attached hydrogen (secondary N) is 3. The number of benzene rings is 1. The Morgan fingerprint density at radius 3 is 2.63 bits per heavy atom. The standard InChI is InChI=1S/C16H16Cl2N4O4S/c17-10-3-4-11(21-16(24)22-12-2-1-6-20-15(12)18)13(23)14(10)27(25,26)9-5-7-19-8-9/h1-4,6,9,19,23H,5,7-8H2,(H2,21,22,24)/t9-/m0/s1. The summed E-state index contributed by atoms with van der Waals surface area (Å²) in [5, 5.41) is 17.6. The summed E-state index contributed by atoms with van der Waals surface area (Å²) in [4.78, 5) is 15.6. The van der Waals surface area contributed by atoms with E-state index in [2.05, 4.69) is 20.9 Å². The molecular formula is C16H16Cl2N4O4S. The number of phenolic OH excluding ortho intramolecular Hbond substituents is 1. The van der Waals surface area contributed by atoms with Crippen LogP contribution in [-0.4, -0.2) is 42.9 Å². The minimum absolute atomic E-state index is 0.0879. The number of phenols is 1. The number of carbonyl (C=O) groups is 1. The van der Waals surface area contributed by atoms with Gasteiger partial charge in [0.05, 0.1) is 21.6 Å². The number of halogens is 2. The van der Waals surface area contributed by atoms with E-state index in [1.807, 2.05) is 0 Å². The number of urea groups is 1. The van der Waals surface area contributed by atoms with Crippen molar-refractivity contribution in [3.8, 4) is 5.75 Å². The van der Waals surface area contributed by atoms with Gasteiger partial charge in [0.2, 0.25) is 0 Å². The second-order valence-electron chi connectivity index (χ2n) is 5.85. The first kappa shape index (κ1) is 19.7. The normalized spacial score (nSPS) is 16.9. The minimum atomic E-state index is -3.87. The number of pyridine rings is 1. The third-order valence-corrected chi connectivity index (χ3v) is 7.07. The number of anilines is 2. The van der Waals surface area contributed by atoms with Crippen molar-refractivity contribution in [1.29, 1.82) is 0 Å². The van der Waals surface area contributed by atoms with Crippen molar-refractivity contribution in [2.45, 2.75) is 16.6 Å². The average molecular weight is 431 g/mol. The van der Waals surface area contributed by atoms with Gasteiger partial charge in [0.15, 0.2) is 20.7 Å². The molecule has 0 unspecified atom stereocenters. The Bertz CT molecular complexity index is 978. The first-order valence-corrected chi connectivity index (χ1v) is 10.3. The molecule has 2 amide bonds. The van der Waals surface area contributed by atoms with Gasteiger partial charge >= 0.3 is 6.03 Å². The molecule has 144 valence electrons. The zero-order valence-electron chi connectivity index (χ0n) is 13.9. The summed E-state index contributed by atoms with van der Waals surface area (Å²) in [6, 6.07) is 5.02. The third kappa shape index (κ3) is 4.11. The molecule has 2 aromatic rings. The number of hydrogen-bond acceptors (Lipinski definition) is 6. The van der Waals surface area contributed by atoms with Crippen LogP contribution in [0.25, 0.3) is 0 Å². The average Bonchev–Trinajstić information content (AvgIpc) is 3.15. The second-order valence-corrected chi connectivity index (χ2v) is 8.78. The van der Waals surface area contributed by atoms with Gasteiger partial charge in [0, 0.05) is 12.7 Å². The monoisotopic (exact) mass is 430 g/mol. The second kappa shape index (κ2) is 7.89. The lowest BCUT2D eigenvalue weighted by Crippen LogP contribution is -2.25. The molecule has 2 heterocycles. The highest BCUT2D eigenvalue weighted by Gasteiger charge is 2.35. The number of carbonyl (C=O) groups excluding carboxylic acids is 1. The Hall–Kier alpha value is -2.07. The molecule has 0 saturated carbocycles. The van der Waals surface area contributed by atoms with Crippen LogP contribution in [0.4, 0.5) is 16.2 Å². The van der Waals surface area contributed by atoms with Crippen molar-refractivity contribution < 1.29 is 18.3 Å². The zero-order valence-corrected chi connectivity index (χ0v) is 16.2. The predicted molar refractivity (Wildman–Crippen MR) is 103 cm³/mol. The molecule has 3 rings (SSSR count). The van der Waals surface area contributed by atoms with Gasteiger partial charge in [-0.2, -0.15) is 0 Å². The minimum Gasteiger partial charge on any atom is -0.504 e. The van der Waals surface area contributed by atoms with Gasteiger partial charge in [0.1, 0.15) is 4.90 Å². The fourth-order valence-electron chi connectivity index (χ4n) is 2.73. The van der Waals surface area contributed by atoms with Crippen molar-refractivity contribution in [1.82, 2.24) is 10.3 Å². The van der Waals surface area contributed by atoms with Crippen LogP contribution in [0.1, 0.15) is 6.42 Å². The maximum absolute atomic E-state index is 12.8. The van der Waals surface area contributed by atoms with E-state index in [-0.39, 0.29) is 28.1 Å². The van der Waals surface area contributed by atoms with Crippen molar-refractivity contribution in [2.75, 3.05) is 23.7 Å². The maximum atomic E-state index is 12.8. The zero-order chi connectivity index (χ0) is 19.6. The quantitative estimate of drug-likeness (QED) is 0.437. The number of aromatic nitrogens is 1. The van der Waals surface area contributed by atoms with E-state index >= 15 is 0 Å². The molecule has 0 bridgehead atoms. The van der Waals surface area contributed by atoms with Gasteiger partial charge < -0.3 is 21.1 Å². The number of rotatable bonds is 4. The molecule has 1 aromatic carbocycles. The molecule has 1 aliphatic rings. The summed E-state index contributed by atoms with van der Waals surface area (Å²) in [6.45, 7) is 0.838. The van der Waals surface area contributed by atoms with Crippen LogP contribution in [0, 0.1) is 0 Å². The van der Waals surface area contributed by atoms with E-state index in [0.717, 1.165) is 0 Å². The highest BCUT2D eigenvalue weighted by atomic mass is 35.5. The Morgan fingerprint density at radius 2 is 1.96 bits per heavy atom.